The van der Waals surface area contributed by atoms with Crippen LogP contribution in [-0.4, -0.2) is 27.4 Å². The molecule has 3 N–H and O–H groups in total. The fourth-order valence-electron chi connectivity index (χ4n) is 2.61. The minimum absolute atomic E-state index is 0.0254. The Morgan fingerprint density at radius 2 is 1.68 bits per heavy atom. The molecular weight excluding hydrogens is 344 g/mol. The molecule has 1 heterocycles. The third-order valence-electron chi connectivity index (χ3n) is 3.74. The number of methoxy groups -OCH3 is 1. The highest BCUT2D eigenvalue weighted by Gasteiger charge is 2.38. The van der Waals surface area contributed by atoms with Crippen LogP contribution < -0.4 is 11.1 Å². The molecule has 7 nitrogen and oxygen atoms in total. The average molecular weight is 358 g/mol. The van der Waals surface area contributed by atoms with Gasteiger partial charge in [-0.1, -0.05) is 18.2 Å². The summed E-state index contributed by atoms with van der Waals surface area (Å²) in [5.41, 5.74) is 6.63. The lowest BCUT2D eigenvalue weighted by atomic mass is 10.1. The topological polar surface area (TPSA) is 116 Å². The van der Waals surface area contributed by atoms with E-state index in [0.29, 0.717) is 16.8 Å². The zero-order valence-electron chi connectivity index (χ0n) is 13.1. The fourth-order valence-corrected chi connectivity index (χ4v) is 4.24. The molecule has 0 aliphatic carbocycles. The number of hydrogen-bond donors (Lipinski definition) is 2. The summed E-state index contributed by atoms with van der Waals surface area (Å²) in [4.78, 5) is 22.8. The number of nitrogens with one attached hydrogen (secondary N) is 1. The van der Waals surface area contributed by atoms with Gasteiger partial charge in [-0.3, -0.25) is 4.79 Å². The minimum atomic E-state index is -3.97. The highest BCUT2D eigenvalue weighted by molar-refractivity contribution is 7.97. The maximum atomic E-state index is 12.5. The number of benzene rings is 2. The summed E-state index contributed by atoms with van der Waals surface area (Å²) in [5, 5.41) is 2.92. The third-order valence-corrected chi connectivity index (χ3v) is 5.62. The molecule has 2 aromatic carbocycles. The molecule has 0 atom stereocenters. The average Bonchev–Trinajstić information content (AvgIpc) is 2.82. The van der Waals surface area contributed by atoms with Crippen molar-refractivity contribution in [2.75, 3.05) is 12.4 Å². The highest BCUT2D eigenvalue weighted by Crippen LogP contribution is 2.39. The molecular formula is C17H14N2O5S. The van der Waals surface area contributed by atoms with Gasteiger partial charge in [-0.25, -0.2) is 13.2 Å². The Labute approximate surface area is 144 Å². The van der Waals surface area contributed by atoms with Crippen LogP contribution in [0.4, 0.5) is 5.69 Å². The maximum absolute atomic E-state index is 12.5. The van der Waals surface area contributed by atoms with Gasteiger partial charge < -0.3 is 15.8 Å². The molecule has 1 aliphatic rings. The summed E-state index contributed by atoms with van der Waals surface area (Å²) >= 11 is 0. The van der Waals surface area contributed by atoms with Crippen LogP contribution in [0.25, 0.3) is 5.70 Å². The number of rotatable bonds is 4. The Bertz CT molecular complexity index is 1010. The molecule has 0 spiro atoms. The van der Waals surface area contributed by atoms with E-state index in [4.69, 9.17) is 5.73 Å². The molecule has 8 heteroatoms. The maximum Gasteiger partial charge on any atom is 0.337 e. The van der Waals surface area contributed by atoms with Crippen molar-refractivity contribution < 1.29 is 22.7 Å². The summed E-state index contributed by atoms with van der Waals surface area (Å²) in [6, 6.07) is 12.4. The zero-order chi connectivity index (χ0) is 18.2. The van der Waals surface area contributed by atoms with E-state index in [2.05, 4.69) is 10.1 Å². The Hall–Kier alpha value is -3.13. The number of carbonyl (C=O) groups excluding carboxylic acids is 2. The van der Waals surface area contributed by atoms with Gasteiger partial charge in [0, 0.05) is 11.3 Å². The second-order valence-corrected chi connectivity index (χ2v) is 7.12. The van der Waals surface area contributed by atoms with Gasteiger partial charge in [-0.15, -0.1) is 0 Å². The van der Waals surface area contributed by atoms with E-state index in [1.807, 2.05) is 0 Å². The lowest BCUT2D eigenvalue weighted by Gasteiger charge is -2.10. The van der Waals surface area contributed by atoms with Gasteiger partial charge in [0.2, 0.25) is 9.84 Å². The van der Waals surface area contributed by atoms with Crippen LogP contribution in [0, 0.1) is 0 Å². The molecule has 2 aromatic rings. The number of sulfone groups is 1. The third kappa shape index (κ3) is 2.76. The first-order valence-electron chi connectivity index (χ1n) is 7.20. The van der Waals surface area contributed by atoms with E-state index < -0.39 is 26.6 Å². The van der Waals surface area contributed by atoms with E-state index in [9.17, 15) is 18.0 Å². The predicted octanol–water partition coefficient (Wildman–Crippen LogP) is 1.53. The SMILES string of the molecule is COC(=O)c1ccc(NC2=C(C(N)=O)S(=O)(=O)c3ccccc32)cc1. The summed E-state index contributed by atoms with van der Waals surface area (Å²) in [6.07, 6.45) is 0. The smallest absolute Gasteiger partial charge is 0.337 e. The molecule has 1 amide bonds. The number of fused-ring (bicyclic) bond motifs is 1. The van der Waals surface area contributed by atoms with Crippen LogP contribution >= 0.6 is 0 Å². The van der Waals surface area contributed by atoms with Crippen molar-refractivity contribution in [2.45, 2.75) is 4.90 Å². The van der Waals surface area contributed by atoms with Crippen LogP contribution in [0.15, 0.2) is 58.3 Å². The van der Waals surface area contributed by atoms with E-state index in [0.717, 1.165) is 0 Å². The van der Waals surface area contributed by atoms with Crippen molar-refractivity contribution in [3.63, 3.8) is 0 Å². The second-order valence-electron chi connectivity index (χ2n) is 5.26. The Morgan fingerprint density at radius 3 is 2.28 bits per heavy atom. The largest absolute Gasteiger partial charge is 0.465 e. The van der Waals surface area contributed by atoms with Crippen molar-refractivity contribution in [2.24, 2.45) is 5.73 Å². The van der Waals surface area contributed by atoms with Crippen LogP contribution in [0.2, 0.25) is 0 Å². The first kappa shape index (κ1) is 16.7. The lowest BCUT2D eigenvalue weighted by Crippen LogP contribution is -2.20. The number of hydrogen-bond acceptors (Lipinski definition) is 6. The van der Waals surface area contributed by atoms with Gasteiger partial charge in [0.15, 0.2) is 4.91 Å². The van der Waals surface area contributed by atoms with Crippen molar-refractivity contribution in [1.29, 1.82) is 0 Å². The molecule has 0 saturated heterocycles. The van der Waals surface area contributed by atoms with Gasteiger partial charge in [0.25, 0.3) is 5.91 Å². The number of ether oxygens (including phenoxy) is 1. The molecule has 0 saturated carbocycles. The quantitative estimate of drug-likeness (QED) is 0.801. The highest BCUT2D eigenvalue weighted by atomic mass is 32.2. The standard InChI is InChI=1S/C17H14N2O5S/c1-24-17(21)10-6-8-11(9-7-10)19-14-12-4-2-3-5-13(12)25(22,23)15(14)16(18)20/h2-9,19H,1H3,(H2,18,20). The summed E-state index contributed by atoms with van der Waals surface area (Å²) in [5.74, 6) is -1.53. The molecule has 1 aliphatic heterocycles. The zero-order valence-corrected chi connectivity index (χ0v) is 14.0. The van der Waals surface area contributed by atoms with Gasteiger partial charge in [-0.2, -0.15) is 0 Å². The number of primary amides is 1. The predicted molar refractivity (Wildman–Crippen MR) is 91.1 cm³/mol. The molecule has 25 heavy (non-hydrogen) atoms. The van der Waals surface area contributed by atoms with Crippen molar-refractivity contribution in [3.05, 3.63) is 64.6 Å². The molecule has 0 fully saturated rings. The van der Waals surface area contributed by atoms with Gasteiger partial charge >= 0.3 is 5.97 Å². The van der Waals surface area contributed by atoms with E-state index in [1.165, 1.54) is 25.3 Å². The van der Waals surface area contributed by atoms with Crippen molar-refractivity contribution in [3.8, 4) is 0 Å². The number of esters is 1. The van der Waals surface area contributed by atoms with Crippen molar-refractivity contribution >= 4 is 33.1 Å². The monoisotopic (exact) mass is 358 g/mol. The summed E-state index contributed by atoms with van der Waals surface area (Å²) in [6.45, 7) is 0. The van der Waals surface area contributed by atoms with Crippen LogP contribution in [0.1, 0.15) is 15.9 Å². The van der Waals surface area contributed by atoms with Gasteiger partial charge in [0.1, 0.15) is 0 Å². The van der Waals surface area contributed by atoms with Crippen LogP contribution in [0.5, 0.6) is 0 Å². The fraction of sp³-hybridized carbons (Fsp3) is 0.0588. The first-order valence-corrected chi connectivity index (χ1v) is 8.68. The Morgan fingerprint density at radius 1 is 1.04 bits per heavy atom. The Balaban J connectivity index is 2.07. The van der Waals surface area contributed by atoms with Crippen molar-refractivity contribution in [1.82, 2.24) is 0 Å². The van der Waals surface area contributed by atoms with Crippen LogP contribution in [-0.2, 0) is 19.4 Å². The number of amides is 1. The lowest BCUT2D eigenvalue weighted by molar-refractivity contribution is -0.113. The molecule has 0 unspecified atom stereocenters. The Kier molecular flexibility index (Phi) is 4.05. The summed E-state index contributed by atoms with van der Waals surface area (Å²) in [7, 11) is -2.70. The molecule has 0 bridgehead atoms. The molecule has 128 valence electrons. The van der Waals surface area contributed by atoms with Gasteiger partial charge in [-0.05, 0) is 30.3 Å². The summed E-state index contributed by atoms with van der Waals surface area (Å²) < 4.78 is 29.7. The van der Waals surface area contributed by atoms with E-state index >= 15 is 0 Å². The molecule has 0 aromatic heterocycles. The number of carbonyl (C=O) groups is 2. The van der Waals surface area contributed by atoms with E-state index in [-0.39, 0.29) is 10.6 Å². The normalized spacial score (nSPS) is 14.8. The first-order chi connectivity index (χ1) is 11.9. The van der Waals surface area contributed by atoms with Crippen LogP contribution in [0.3, 0.4) is 0 Å². The van der Waals surface area contributed by atoms with E-state index in [1.54, 1.807) is 30.3 Å². The van der Waals surface area contributed by atoms with Gasteiger partial charge in [0.05, 0.1) is 23.3 Å². The molecule has 3 rings (SSSR count). The molecule has 0 radical (unpaired) electrons. The number of anilines is 1. The number of nitrogens with two attached hydrogens (primary N) is 1. The second kappa shape index (κ2) is 6.06. The minimum Gasteiger partial charge on any atom is -0.465 e.